The number of hydrogen-bond donors (Lipinski definition) is 2. The van der Waals surface area contributed by atoms with Gasteiger partial charge in [-0.2, -0.15) is 0 Å². The average molecular weight is 474 g/mol. The Morgan fingerprint density at radius 2 is 1.72 bits per heavy atom. The SMILES string of the molecule is O=C(NC1CCCCC1)c1ccccc1NC(=O)[C@H]1CC(=O)N(c2cccc(Cl)c2Cl)C1. The molecule has 1 atom stereocenters. The fraction of sp³-hybridized carbons (Fsp3) is 0.375. The Hall–Kier alpha value is -2.57. The third kappa shape index (κ3) is 4.92. The van der Waals surface area contributed by atoms with Gasteiger partial charge >= 0.3 is 0 Å². The van der Waals surface area contributed by atoms with Gasteiger partial charge < -0.3 is 15.5 Å². The predicted octanol–water partition coefficient (Wildman–Crippen LogP) is 5.05. The van der Waals surface area contributed by atoms with E-state index in [1.54, 1.807) is 42.5 Å². The number of rotatable bonds is 5. The van der Waals surface area contributed by atoms with Crippen LogP contribution in [0.15, 0.2) is 42.5 Å². The molecule has 3 amide bonds. The summed E-state index contributed by atoms with van der Waals surface area (Å²) in [6.07, 6.45) is 5.46. The Morgan fingerprint density at radius 3 is 2.50 bits per heavy atom. The minimum absolute atomic E-state index is 0.0606. The van der Waals surface area contributed by atoms with Crippen molar-refractivity contribution in [2.45, 2.75) is 44.6 Å². The molecule has 0 radical (unpaired) electrons. The lowest BCUT2D eigenvalue weighted by Gasteiger charge is -2.23. The predicted molar refractivity (Wildman–Crippen MR) is 126 cm³/mol. The minimum Gasteiger partial charge on any atom is -0.349 e. The number of anilines is 2. The van der Waals surface area contributed by atoms with E-state index in [9.17, 15) is 14.4 Å². The Kier molecular flexibility index (Phi) is 7.01. The van der Waals surface area contributed by atoms with Crippen molar-refractivity contribution in [3.8, 4) is 0 Å². The minimum atomic E-state index is -0.563. The summed E-state index contributed by atoms with van der Waals surface area (Å²) in [4.78, 5) is 39.9. The first kappa shape index (κ1) is 22.6. The maximum absolute atomic E-state index is 13.0. The maximum atomic E-state index is 13.0. The van der Waals surface area contributed by atoms with Crippen molar-refractivity contribution in [2.24, 2.45) is 5.92 Å². The van der Waals surface area contributed by atoms with Crippen LogP contribution in [0.25, 0.3) is 0 Å². The Labute approximate surface area is 197 Å². The fourth-order valence-electron chi connectivity index (χ4n) is 4.35. The standard InChI is InChI=1S/C24H25Cl2N3O3/c25-18-10-6-12-20(22(18)26)29-14-15(13-21(29)30)23(31)28-19-11-5-4-9-17(19)24(32)27-16-7-2-1-3-8-16/h4-6,9-12,15-16H,1-3,7-8,13-14H2,(H,27,32)(H,28,31)/t15-/m0/s1. The maximum Gasteiger partial charge on any atom is 0.253 e. The summed E-state index contributed by atoms with van der Waals surface area (Å²) in [6.45, 7) is 0.196. The molecule has 1 aliphatic carbocycles. The van der Waals surface area contributed by atoms with Gasteiger partial charge in [-0.3, -0.25) is 14.4 Å². The second-order valence-corrected chi connectivity index (χ2v) is 9.11. The second kappa shape index (κ2) is 9.92. The Bertz CT molecular complexity index is 1040. The lowest BCUT2D eigenvalue weighted by molar-refractivity contribution is -0.122. The highest BCUT2D eigenvalue weighted by Gasteiger charge is 2.36. The molecule has 1 heterocycles. The van der Waals surface area contributed by atoms with Crippen LogP contribution in [0, 0.1) is 5.92 Å². The highest BCUT2D eigenvalue weighted by molar-refractivity contribution is 6.44. The summed E-state index contributed by atoms with van der Waals surface area (Å²) >= 11 is 12.3. The average Bonchev–Trinajstić information content (AvgIpc) is 3.18. The lowest BCUT2D eigenvalue weighted by Crippen LogP contribution is -2.36. The number of amides is 3. The van der Waals surface area contributed by atoms with Crippen LogP contribution in [-0.2, 0) is 9.59 Å². The number of nitrogens with one attached hydrogen (secondary N) is 2. The molecular weight excluding hydrogens is 449 g/mol. The molecule has 2 aromatic rings. The molecule has 0 spiro atoms. The summed E-state index contributed by atoms with van der Waals surface area (Å²) < 4.78 is 0. The van der Waals surface area contributed by atoms with E-state index in [2.05, 4.69) is 10.6 Å². The number of carbonyl (C=O) groups excluding carboxylic acids is 3. The topological polar surface area (TPSA) is 78.5 Å². The molecule has 0 aromatic heterocycles. The van der Waals surface area contributed by atoms with Crippen LogP contribution in [-0.4, -0.2) is 30.3 Å². The van der Waals surface area contributed by atoms with Crippen molar-refractivity contribution in [3.05, 3.63) is 58.1 Å². The summed E-state index contributed by atoms with van der Waals surface area (Å²) in [5, 5.41) is 6.57. The van der Waals surface area contributed by atoms with Gasteiger partial charge in [0, 0.05) is 19.0 Å². The van der Waals surface area contributed by atoms with Gasteiger partial charge in [-0.05, 0) is 37.1 Å². The van der Waals surface area contributed by atoms with Gasteiger partial charge in [-0.25, -0.2) is 0 Å². The zero-order chi connectivity index (χ0) is 22.7. The van der Waals surface area contributed by atoms with Crippen LogP contribution in [0.4, 0.5) is 11.4 Å². The molecule has 0 unspecified atom stereocenters. The zero-order valence-electron chi connectivity index (χ0n) is 17.6. The monoisotopic (exact) mass is 473 g/mol. The van der Waals surface area contributed by atoms with Crippen LogP contribution in [0.2, 0.25) is 10.0 Å². The molecule has 1 aliphatic heterocycles. The molecule has 8 heteroatoms. The zero-order valence-corrected chi connectivity index (χ0v) is 19.1. The third-order valence-corrected chi connectivity index (χ3v) is 6.90. The first-order valence-corrected chi connectivity index (χ1v) is 11.6. The van der Waals surface area contributed by atoms with Gasteiger partial charge in [0.2, 0.25) is 11.8 Å². The van der Waals surface area contributed by atoms with Crippen molar-refractivity contribution >= 4 is 52.3 Å². The summed E-state index contributed by atoms with van der Waals surface area (Å²) in [5.74, 6) is -1.26. The fourth-order valence-corrected chi connectivity index (χ4v) is 4.75. The van der Waals surface area contributed by atoms with E-state index in [4.69, 9.17) is 23.2 Å². The molecule has 6 nitrogen and oxygen atoms in total. The van der Waals surface area contributed by atoms with Crippen LogP contribution in [0.3, 0.4) is 0 Å². The van der Waals surface area contributed by atoms with Crippen molar-refractivity contribution in [1.82, 2.24) is 5.32 Å². The smallest absolute Gasteiger partial charge is 0.253 e. The van der Waals surface area contributed by atoms with Gasteiger partial charge in [0.1, 0.15) is 0 Å². The lowest BCUT2D eigenvalue weighted by atomic mass is 9.95. The van der Waals surface area contributed by atoms with Crippen LogP contribution >= 0.6 is 23.2 Å². The first-order chi connectivity index (χ1) is 15.4. The molecule has 4 rings (SSSR count). The van der Waals surface area contributed by atoms with E-state index in [0.717, 1.165) is 25.7 Å². The summed E-state index contributed by atoms with van der Waals surface area (Å²) in [6, 6.07) is 12.2. The normalized spacial score (nSPS) is 19.1. The Balaban J connectivity index is 1.45. The summed E-state index contributed by atoms with van der Waals surface area (Å²) in [7, 11) is 0. The van der Waals surface area contributed by atoms with E-state index >= 15 is 0 Å². The molecule has 1 saturated heterocycles. The molecule has 2 N–H and O–H groups in total. The van der Waals surface area contributed by atoms with Gasteiger partial charge in [-0.15, -0.1) is 0 Å². The number of hydrogen-bond acceptors (Lipinski definition) is 3. The summed E-state index contributed by atoms with van der Waals surface area (Å²) in [5.41, 5.74) is 1.36. The first-order valence-electron chi connectivity index (χ1n) is 10.9. The molecule has 0 bridgehead atoms. The van der Waals surface area contributed by atoms with Gasteiger partial charge in [-0.1, -0.05) is 60.7 Å². The van der Waals surface area contributed by atoms with E-state index in [0.29, 0.717) is 22.0 Å². The highest BCUT2D eigenvalue weighted by Crippen LogP contribution is 2.36. The molecule has 32 heavy (non-hydrogen) atoms. The van der Waals surface area contributed by atoms with Crippen LogP contribution in [0.1, 0.15) is 48.9 Å². The quantitative estimate of drug-likeness (QED) is 0.637. The second-order valence-electron chi connectivity index (χ2n) is 8.32. The molecule has 2 aliphatic rings. The number of para-hydroxylation sites is 1. The van der Waals surface area contributed by atoms with E-state index in [1.807, 2.05) is 0 Å². The van der Waals surface area contributed by atoms with E-state index in [-0.39, 0.29) is 41.8 Å². The number of carbonyl (C=O) groups is 3. The van der Waals surface area contributed by atoms with Crippen LogP contribution < -0.4 is 15.5 Å². The van der Waals surface area contributed by atoms with Crippen molar-refractivity contribution < 1.29 is 14.4 Å². The third-order valence-electron chi connectivity index (χ3n) is 6.09. The number of nitrogens with zero attached hydrogens (tertiary/aromatic N) is 1. The van der Waals surface area contributed by atoms with Gasteiger partial charge in [0.05, 0.1) is 32.9 Å². The van der Waals surface area contributed by atoms with Gasteiger partial charge in [0.25, 0.3) is 5.91 Å². The van der Waals surface area contributed by atoms with Crippen LogP contribution in [0.5, 0.6) is 0 Å². The molecule has 1 saturated carbocycles. The van der Waals surface area contributed by atoms with Gasteiger partial charge in [0.15, 0.2) is 0 Å². The molecule has 2 aromatic carbocycles. The largest absolute Gasteiger partial charge is 0.349 e. The Morgan fingerprint density at radius 1 is 0.969 bits per heavy atom. The number of benzene rings is 2. The van der Waals surface area contributed by atoms with Crippen molar-refractivity contribution in [3.63, 3.8) is 0 Å². The molecule has 168 valence electrons. The van der Waals surface area contributed by atoms with E-state index in [1.165, 1.54) is 11.3 Å². The molecular formula is C24H25Cl2N3O3. The van der Waals surface area contributed by atoms with E-state index < -0.39 is 5.92 Å². The highest BCUT2D eigenvalue weighted by atomic mass is 35.5. The van der Waals surface area contributed by atoms with Crippen molar-refractivity contribution in [2.75, 3.05) is 16.8 Å². The number of halogens is 2. The van der Waals surface area contributed by atoms with Crippen molar-refractivity contribution in [1.29, 1.82) is 0 Å². The molecule has 2 fully saturated rings.